The van der Waals surface area contributed by atoms with Crippen molar-refractivity contribution in [2.24, 2.45) is 5.92 Å². The van der Waals surface area contributed by atoms with E-state index in [0.717, 1.165) is 60.8 Å². The number of carbonyl (C=O) groups excluding carboxylic acids is 2. The van der Waals surface area contributed by atoms with Crippen molar-refractivity contribution in [1.29, 1.82) is 0 Å². The molecule has 2 aromatic heterocycles. The van der Waals surface area contributed by atoms with Crippen LogP contribution in [0.5, 0.6) is 0 Å². The molecule has 9 nitrogen and oxygen atoms in total. The van der Waals surface area contributed by atoms with E-state index in [-0.39, 0.29) is 11.7 Å². The molecule has 0 atom stereocenters. The van der Waals surface area contributed by atoms with Gasteiger partial charge < -0.3 is 11.1 Å². The number of urea groups is 1. The molecule has 11 heteroatoms. The summed E-state index contributed by atoms with van der Waals surface area (Å²) in [5.41, 5.74) is 6.94. The Labute approximate surface area is 212 Å². The average Bonchev–Trinajstić information content (AvgIpc) is 3.24. The lowest BCUT2D eigenvalue weighted by molar-refractivity contribution is -0.389. The first kappa shape index (κ1) is 24.0. The fourth-order valence-electron chi connectivity index (χ4n) is 4.47. The Morgan fingerprint density at radius 1 is 1.17 bits per heavy atom. The van der Waals surface area contributed by atoms with E-state index >= 15 is 0 Å². The molecule has 35 heavy (non-hydrogen) atoms. The number of Topliss-reactive ketones (excluding diaryl/α,β-unsaturated/α-hetero) is 1. The number of thiazole rings is 1. The minimum absolute atomic E-state index is 0.0508. The van der Waals surface area contributed by atoms with Gasteiger partial charge in [0.15, 0.2) is 21.9 Å². The molecule has 2 heterocycles. The van der Waals surface area contributed by atoms with Crippen molar-refractivity contribution in [2.75, 3.05) is 10.6 Å². The standard InChI is InChI=1S/C24H29N7O2S2/c1-14-6-9-19(18(10-14)21(32)15-4-2-3-5-15)27-22(33)28-23-26-16(12-34-23)13-35-24-30-29-20(11-25)31(24)17-7-8-17/h6,9-10,12,15,17H,2-5,7-8,11,13,25H2,1H3,(H2,26,27,28,33)/p+1. The van der Waals surface area contributed by atoms with Gasteiger partial charge in [-0.3, -0.25) is 14.7 Å². The van der Waals surface area contributed by atoms with Gasteiger partial charge in [0.2, 0.25) is 0 Å². The molecule has 0 radical (unpaired) electrons. The van der Waals surface area contributed by atoms with E-state index in [1.54, 1.807) is 17.8 Å². The predicted molar refractivity (Wildman–Crippen MR) is 137 cm³/mol. The van der Waals surface area contributed by atoms with Crippen LogP contribution in [0.25, 0.3) is 0 Å². The Balaban J connectivity index is 1.20. The average molecular weight is 513 g/mol. The van der Waals surface area contributed by atoms with E-state index in [0.29, 0.717) is 34.7 Å². The number of rotatable bonds is 9. The lowest BCUT2D eigenvalue weighted by Gasteiger charge is -2.14. The van der Waals surface area contributed by atoms with Gasteiger partial charge >= 0.3 is 6.03 Å². The molecule has 0 spiro atoms. The van der Waals surface area contributed by atoms with Crippen LogP contribution in [0, 0.1) is 12.8 Å². The van der Waals surface area contributed by atoms with Crippen LogP contribution in [0.3, 0.4) is 0 Å². The SMILES string of the molecule is Cc1ccc(NC(=O)Nc2nc(CSc3nnc(C[NH3+])n3C3CC3)cs2)c(C(=O)C2CCCC2)c1. The van der Waals surface area contributed by atoms with Crippen molar-refractivity contribution in [1.82, 2.24) is 19.7 Å². The molecule has 2 amide bonds. The molecule has 0 aliphatic heterocycles. The smallest absolute Gasteiger partial charge is 0.325 e. The Morgan fingerprint density at radius 3 is 2.71 bits per heavy atom. The Hall–Kier alpha value is -2.76. The molecule has 0 saturated heterocycles. The van der Waals surface area contributed by atoms with Gasteiger partial charge in [-0.15, -0.1) is 21.5 Å². The lowest BCUT2D eigenvalue weighted by atomic mass is 9.94. The van der Waals surface area contributed by atoms with Gasteiger partial charge in [-0.2, -0.15) is 0 Å². The summed E-state index contributed by atoms with van der Waals surface area (Å²) >= 11 is 2.97. The van der Waals surface area contributed by atoms with Crippen LogP contribution in [-0.4, -0.2) is 31.6 Å². The minimum atomic E-state index is -0.406. The first-order valence-electron chi connectivity index (χ1n) is 12.0. The van der Waals surface area contributed by atoms with Gasteiger partial charge in [-0.25, -0.2) is 9.78 Å². The van der Waals surface area contributed by atoms with E-state index < -0.39 is 6.03 Å². The molecule has 5 rings (SSSR count). The number of anilines is 2. The Morgan fingerprint density at radius 2 is 1.97 bits per heavy atom. The summed E-state index contributed by atoms with van der Waals surface area (Å²) in [6.45, 7) is 2.58. The number of aromatic nitrogens is 4. The van der Waals surface area contributed by atoms with Gasteiger partial charge in [-0.1, -0.05) is 36.2 Å². The first-order valence-corrected chi connectivity index (χ1v) is 13.9. The zero-order valence-electron chi connectivity index (χ0n) is 19.7. The maximum Gasteiger partial charge on any atom is 0.325 e. The van der Waals surface area contributed by atoms with E-state index in [2.05, 4.69) is 36.1 Å². The maximum absolute atomic E-state index is 13.0. The third-order valence-corrected chi connectivity index (χ3v) is 8.19. The highest BCUT2D eigenvalue weighted by molar-refractivity contribution is 7.98. The summed E-state index contributed by atoms with van der Waals surface area (Å²) in [5, 5.41) is 17.6. The van der Waals surface area contributed by atoms with Crippen molar-refractivity contribution < 1.29 is 15.3 Å². The molecule has 3 aromatic rings. The number of carbonyl (C=O) groups is 2. The number of thioether (sulfide) groups is 1. The Bertz CT molecular complexity index is 1230. The molecular weight excluding hydrogens is 482 g/mol. The third kappa shape index (κ3) is 5.57. The van der Waals surface area contributed by atoms with Crippen LogP contribution < -0.4 is 16.4 Å². The molecular formula is C24H30N7O2S2+. The normalized spacial score (nSPS) is 15.9. The van der Waals surface area contributed by atoms with Crippen molar-refractivity contribution in [2.45, 2.75) is 68.9 Å². The maximum atomic E-state index is 13.0. The summed E-state index contributed by atoms with van der Waals surface area (Å²) in [5.74, 6) is 1.74. The van der Waals surface area contributed by atoms with Crippen LogP contribution in [0.2, 0.25) is 0 Å². The molecule has 1 aromatic carbocycles. The summed E-state index contributed by atoms with van der Waals surface area (Å²) in [7, 11) is 0. The molecule has 2 aliphatic carbocycles. The van der Waals surface area contributed by atoms with Crippen molar-refractivity contribution in [3.63, 3.8) is 0 Å². The largest absolute Gasteiger partial charge is 0.351 e. The molecule has 2 saturated carbocycles. The highest BCUT2D eigenvalue weighted by Crippen LogP contribution is 2.39. The van der Waals surface area contributed by atoms with Crippen molar-refractivity contribution in [3.8, 4) is 0 Å². The lowest BCUT2D eigenvalue weighted by Crippen LogP contribution is -2.48. The second kappa shape index (κ2) is 10.5. The van der Waals surface area contributed by atoms with Crippen LogP contribution in [0.15, 0.2) is 28.7 Å². The summed E-state index contributed by atoms with van der Waals surface area (Å²) in [4.78, 5) is 30.3. The van der Waals surface area contributed by atoms with Crippen LogP contribution in [0.4, 0.5) is 15.6 Å². The molecule has 2 fully saturated rings. The second-order valence-electron chi connectivity index (χ2n) is 9.16. The number of benzene rings is 1. The summed E-state index contributed by atoms with van der Waals surface area (Å²) in [6.07, 6.45) is 6.34. The van der Waals surface area contributed by atoms with Crippen LogP contribution in [0.1, 0.15) is 72.0 Å². The summed E-state index contributed by atoms with van der Waals surface area (Å²) < 4.78 is 2.20. The zero-order valence-corrected chi connectivity index (χ0v) is 21.4. The molecule has 5 N–H and O–H groups in total. The second-order valence-corrected chi connectivity index (χ2v) is 11.0. The van der Waals surface area contributed by atoms with Crippen LogP contribution in [-0.2, 0) is 12.3 Å². The quantitative estimate of drug-likeness (QED) is 0.287. The van der Waals surface area contributed by atoms with Gasteiger partial charge in [0, 0.05) is 28.7 Å². The highest BCUT2D eigenvalue weighted by atomic mass is 32.2. The molecule has 0 unspecified atom stereocenters. The molecule has 2 aliphatic rings. The number of quaternary nitrogens is 1. The third-order valence-electron chi connectivity index (χ3n) is 6.41. The van der Waals surface area contributed by atoms with Crippen molar-refractivity contribution in [3.05, 3.63) is 46.2 Å². The summed E-state index contributed by atoms with van der Waals surface area (Å²) in [6, 6.07) is 5.66. The van der Waals surface area contributed by atoms with Gasteiger partial charge in [-0.05, 0) is 44.7 Å². The molecule has 0 bridgehead atoms. The van der Waals surface area contributed by atoms with E-state index in [9.17, 15) is 9.59 Å². The Kier molecular flexibility index (Phi) is 7.17. The van der Waals surface area contributed by atoms with Gasteiger partial charge in [0.1, 0.15) is 6.54 Å². The number of hydrogen-bond donors (Lipinski definition) is 3. The number of ketones is 1. The minimum Gasteiger partial charge on any atom is -0.351 e. The van der Waals surface area contributed by atoms with Gasteiger partial charge in [0.25, 0.3) is 0 Å². The van der Waals surface area contributed by atoms with Gasteiger partial charge in [0.05, 0.1) is 11.4 Å². The first-order chi connectivity index (χ1) is 17.0. The predicted octanol–water partition coefficient (Wildman–Crippen LogP) is 4.43. The van der Waals surface area contributed by atoms with E-state index in [1.807, 2.05) is 24.4 Å². The number of nitrogens with one attached hydrogen (secondary N) is 2. The fourth-order valence-corrected chi connectivity index (χ4v) is 6.20. The number of nitrogens with zero attached hydrogens (tertiary/aromatic N) is 4. The van der Waals surface area contributed by atoms with Crippen molar-refractivity contribution >= 4 is 45.7 Å². The number of amides is 2. The monoisotopic (exact) mass is 512 g/mol. The molecule has 184 valence electrons. The van der Waals surface area contributed by atoms with Crippen LogP contribution >= 0.6 is 23.1 Å². The fraction of sp³-hybridized carbons (Fsp3) is 0.458. The van der Waals surface area contributed by atoms with E-state index in [1.165, 1.54) is 11.3 Å². The highest BCUT2D eigenvalue weighted by Gasteiger charge is 2.30. The number of aryl methyl sites for hydroxylation is 1. The topological polar surface area (TPSA) is 129 Å². The zero-order chi connectivity index (χ0) is 24.4. The number of hydrogen-bond acceptors (Lipinski definition) is 7. The van der Waals surface area contributed by atoms with E-state index in [4.69, 9.17) is 0 Å².